The van der Waals surface area contributed by atoms with Gasteiger partial charge in [-0.1, -0.05) is 12.5 Å². The lowest BCUT2D eigenvalue weighted by Gasteiger charge is -2.44. The molecule has 1 aliphatic heterocycles. The van der Waals surface area contributed by atoms with Crippen molar-refractivity contribution < 1.29 is 13.9 Å². The normalized spacial score (nSPS) is 18.7. The molecule has 0 N–H and O–H groups in total. The van der Waals surface area contributed by atoms with E-state index in [-0.39, 0.29) is 11.6 Å². The van der Waals surface area contributed by atoms with Crippen LogP contribution in [0.4, 0.5) is 4.39 Å². The van der Waals surface area contributed by atoms with Gasteiger partial charge in [0, 0.05) is 18.7 Å². The molecule has 0 bridgehead atoms. The van der Waals surface area contributed by atoms with Gasteiger partial charge in [0.15, 0.2) is 5.78 Å². The molecule has 22 heavy (non-hydrogen) atoms. The van der Waals surface area contributed by atoms with Crippen molar-refractivity contribution in [1.29, 1.82) is 0 Å². The molecule has 3 nitrogen and oxygen atoms in total. The Balaban J connectivity index is 2.38. The number of hydrogen-bond donors (Lipinski definition) is 0. The van der Waals surface area contributed by atoms with Crippen LogP contribution in [0.1, 0.15) is 37.0 Å². The van der Waals surface area contributed by atoms with Gasteiger partial charge in [-0.05, 0) is 44.0 Å². The molecule has 1 fully saturated rings. The van der Waals surface area contributed by atoms with Crippen LogP contribution < -0.4 is 0 Å². The highest BCUT2D eigenvalue weighted by Gasteiger charge is 2.43. The van der Waals surface area contributed by atoms with Gasteiger partial charge in [-0.25, -0.2) is 4.39 Å². The lowest BCUT2D eigenvalue weighted by atomic mass is 9.79. The van der Waals surface area contributed by atoms with Crippen LogP contribution in [0.2, 0.25) is 0 Å². The van der Waals surface area contributed by atoms with Crippen LogP contribution >= 0.6 is 0 Å². The van der Waals surface area contributed by atoms with Crippen molar-refractivity contribution in [3.8, 4) is 0 Å². The summed E-state index contributed by atoms with van der Waals surface area (Å²) in [6.45, 7) is 10.7. The van der Waals surface area contributed by atoms with Crippen LogP contribution in [0.5, 0.6) is 0 Å². The van der Waals surface area contributed by atoms with Crippen molar-refractivity contribution in [2.24, 2.45) is 0 Å². The van der Waals surface area contributed by atoms with E-state index >= 15 is 0 Å². The number of carbonyl (C=O) groups is 1. The molecule has 1 aromatic rings. The molecular formula is C18H24FNO2. The summed E-state index contributed by atoms with van der Waals surface area (Å²) < 4.78 is 18.6. The van der Waals surface area contributed by atoms with E-state index in [1.807, 2.05) is 13.8 Å². The van der Waals surface area contributed by atoms with Gasteiger partial charge >= 0.3 is 0 Å². The van der Waals surface area contributed by atoms with Gasteiger partial charge in [0.1, 0.15) is 5.82 Å². The molecule has 0 saturated carbocycles. The smallest absolute Gasteiger partial charge is 0.183 e. The zero-order valence-electron chi connectivity index (χ0n) is 13.4. The average molecular weight is 305 g/mol. The van der Waals surface area contributed by atoms with Gasteiger partial charge in [0.25, 0.3) is 0 Å². The first-order valence-electron chi connectivity index (χ1n) is 7.77. The average Bonchev–Trinajstić information content (AvgIpc) is 2.53. The summed E-state index contributed by atoms with van der Waals surface area (Å²) in [5.41, 5.74) is 0.910. The number of ketones is 1. The van der Waals surface area contributed by atoms with Crippen LogP contribution in [0.3, 0.4) is 0 Å². The summed E-state index contributed by atoms with van der Waals surface area (Å²) in [5, 5.41) is 0. The molecule has 1 heterocycles. The molecule has 1 atom stereocenters. The van der Waals surface area contributed by atoms with Crippen molar-refractivity contribution in [3.05, 3.63) is 47.8 Å². The Morgan fingerprint density at radius 2 is 1.91 bits per heavy atom. The summed E-state index contributed by atoms with van der Waals surface area (Å²) in [6, 6.07) is 5.82. The first kappa shape index (κ1) is 16.8. The summed E-state index contributed by atoms with van der Waals surface area (Å²) in [6.07, 6.45) is 1.30. The van der Waals surface area contributed by atoms with E-state index in [9.17, 15) is 9.18 Å². The minimum absolute atomic E-state index is 0.0416. The van der Waals surface area contributed by atoms with Gasteiger partial charge in [0.2, 0.25) is 0 Å². The molecule has 1 unspecified atom stereocenters. The SMILES string of the molecule is C=C(C)CC(CC)(C(=O)c1ccc(F)cc1)N1CCOCC1. The van der Waals surface area contributed by atoms with Gasteiger partial charge in [0.05, 0.1) is 18.8 Å². The Bertz CT molecular complexity index is 535. The second-order valence-corrected chi connectivity index (χ2v) is 5.95. The fourth-order valence-corrected chi connectivity index (χ4v) is 3.21. The second-order valence-electron chi connectivity index (χ2n) is 5.95. The molecule has 2 rings (SSSR count). The fourth-order valence-electron chi connectivity index (χ4n) is 3.21. The predicted octanol–water partition coefficient (Wildman–Crippen LogP) is 3.46. The maximum atomic E-state index is 13.2. The van der Waals surface area contributed by atoms with Crippen molar-refractivity contribution in [1.82, 2.24) is 4.90 Å². The summed E-state index contributed by atoms with van der Waals surface area (Å²) in [5.74, 6) is -0.287. The highest BCUT2D eigenvalue weighted by atomic mass is 19.1. The lowest BCUT2D eigenvalue weighted by Crippen LogP contribution is -2.58. The van der Waals surface area contributed by atoms with E-state index in [0.29, 0.717) is 31.6 Å². The Labute approximate surface area is 131 Å². The van der Waals surface area contributed by atoms with E-state index in [1.54, 1.807) is 12.1 Å². The minimum Gasteiger partial charge on any atom is -0.379 e. The lowest BCUT2D eigenvalue weighted by molar-refractivity contribution is -0.0162. The number of nitrogens with zero attached hydrogens (tertiary/aromatic N) is 1. The Kier molecular flexibility index (Phi) is 5.48. The third-order valence-electron chi connectivity index (χ3n) is 4.32. The Morgan fingerprint density at radius 3 is 2.41 bits per heavy atom. The maximum absolute atomic E-state index is 13.2. The monoisotopic (exact) mass is 305 g/mol. The van der Waals surface area contributed by atoms with Gasteiger partial charge in [-0.15, -0.1) is 6.58 Å². The minimum atomic E-state index is -0.618. The summed E-state index contributed by atoms with van der Waals surface area (Å²) in [7, 11) is 0. The zero-order chi connectivity index (χ0) is 16.2. The molecular weight excluding hydrogens is 281 g/mol. The molecule has 4 heteroatoms. The second kappa shape index (κ2) is 7.16. The molecule has 0 spiro atoms. The van der Waals surface area contributed by atoms with Crippen LogP contribution in [0.15, 0.2) is 36.4 Å². The summed E-state index contributed by atoms with van der Waals surface area (Å²) >= 11 is 0. The first-order valence-corrected chi connectivity index (χ1v) is 7.77. The standard InChI is InChI=1S/C18H24FNO2/c1-4-18(13-14(2)3,20-9-11-22-12-10-20)17(21)15-5-7-16(19)8-6-15/h5-8H,2,4,9-13H2,1,3H3. The molecule has 0 aliphatic carbocycles. The molecule has 0 amide bonds. The molecule has 1 saturated heterocycles. The molecule has 0 radical (unpaired) electrons. The van der Waals surface area contributed by atoms with Crippen LogP contribution in [-0.2, 0) is 4.74 Å². The number of benzene rings is 1. The van der Waals surface area contributed by atoms with E-state index in [2.05, 4.69) is 11.5 Å². The first-order chi connectivity index (χ1) is 10.5. The number of hydrogen-bond acceptors (Lipinski definition) is 3. The van der Waals surface area contributed by atoms with E-state index in [1.165, 1.54) is 12.1 Å². The van der Waals surface area contributed by atoms with Gasteiger partial charge < -0.3 is 4.74 Å². The van der Waals surface area contributed by atoms with Crippen LogP contribution in [-0.4, -0.2) is 42.5 Å². The van der Waals surface area contributed by atoms with Gasteiger partial charge in [-0.3, -0.25) is 9.69 Å². The van der Waals surface area contributed by atoms with Gasteiger partial charge in [-0.2, -0.15) is 0 Å². The summed E-state index contributed by atoms with van der Waals surface area (Å²) in [4.78, 5) is 15.4. The molecule has 1 aromatic carbocycles. The van der Waals surface area contributed by atoms with Crippen LogP contribution in [0, 0.1) is 5.82 Å². The van der Waals surface area contributed by atoms with E-state index < -0.39 is 5.54 Å². The number of halogens is 1. The molecule has 120 valence electrons. The highest BCUT2D eigenvalue weighted by molar-refractivity contribution is 6.03. The van der Waals surface area contributed by atoms with Crippen molar-refractivity contribution >= 4 is 5.78 Å². The highest BCUT2D eigenvalue weighted by Crippen LogP contribution is 2.32. The number of ether oxygens (including phenoxy) is 1. The predicted molar refractivity (Wildman–Crippen MR) is 85.6 cm³/mol. The van der Waals surface area contributed by atoms with E-state index in [4.69, 9.17) is 4.74 Å². The number of Topliss-reactive ketones (excluding diaryl/α,β-unsaturated/α-hetero) is 1. The zero-order valence-corrected chi connectivity index (χ0v) is 13.4. The maximum Gasteiger partial charge on any atom is 0.183 e. The molecule has 0 aromatic heterocycles. The van der Waals surface area contributed by atoms with Crippen molar-refractivity contribution in [2.75, 3.05) is 26.3 Å². The third-order valence-corrected chi connectivity index (χ3v) is 4.32. The number of rotatable bonds is 6. The molecule has 1 aliphatic rings. The fraction of sp³-hybridized carbons (Fsp3) is 0.500. The topological polar surface area (TPSA) is 29.5 Å². The van der Waals surface area contributed by atoms with Crippen molar-refractivity contribution in [2.45, 2.75) is 32.2 Å². The third kappa shape index (κ3) is 3.45. The largest absolute Gasteiger partial charge is 0.379 e. The number of carbonyl (C=O) groups excluding carboxylic acids is 1. The quantitative estimate of drug-likeness (QED) is 0.595. The Morgan fingerprint density at radius 1 is 1.32 bits per heavy atom. The van der Waals surface area contributed by atoms with Crippen LogP contribution in [0.25, 0.3) is 0 Å². The van der Waals surface area contributed by atoms with E-state index in [0.717, 1.165) is 18.7 Å². The van der Waals surface area contributed by atoms with Crippen molar-refractivity contribution in [3.63, 3.8) is 0 Å². The Hall–Kier alpha value is -1.52. The number of morpholine rings is 1.